The molecule has 3 fully saturated rings. The van der Waals surface area contributed by atoms with Crippen LogP contribution in [0.4, 0.5) is 0 Å². The Kier molecular flexibility index (Phi) is 8.37. The van der Waals surface area contributed by atoms with Crippen LogP contribution in [0.5, 0.6) is 0 Å². The van der Waals surface area contributed by atoms with Crippen molar-refractivity contribution in [2.24, 2.45) is 11.8 Å². The summed E-state index contributed by atoms with van der Waals surface area (Å²) in [4.78, 5) is 13.9. The summed E-state index contributed by atoms with van der Waals surface area (Å²) in [6.45, 7) is 4.34. The lowest BCUT2D eigenvalue weighted by atomic mass is 9.92. The molecule has 1 amide bonds. The number of carbonyl (C=O) groups excluding carboxylic acids is 1. The molecule has 192 valence electrons. The van der Waals surface area contributed by atoms with Crippen LogP contribution in [0.15, 0.2) is 0 Å². The molecule has 0 radical (unpaired) electrons. The van der Waals surface area contributed by atoms with Crippen LogP contribution in [0.3, 0.4) is 0 Å². The van der Waals surface area contributed by atoms with Gasteiger partial charge in [-0.1, -0.05) is 13.8 Å². The Morgan fingerprint density at radius 2 is 1.67 bits per heavy atom. The van der Waals surface area contributed by atoms with Crippen molar-refractivity contribution in [1.82, 2.24) is 4.90 Å². The summed E-state index contributed by atoms with van der Waals surface area (Å²) < 4.78 is 17.0. The fourth-order valence-electron chi connectivity index (χ4n) is 5.02. The number of rotatable bonds is 7. The summed E-state index contributed by atoms with van der Waals surface area (Å²) in [6.07, 6.45) is -12.4. The number of aliphatic hydroxyl groups is 7. The highest BCUT2D eigenvalue weighted by Crippen LogP contribution is 2.37. The molecule has 3 rings (SSSR count). The van der Waals surface area contributed by atoms with E-state index >= 15 is 0 Å². The zero-order valence-corrected chi connectivity index (χ0v) is 19.1. The second kappa shape index (κ2) is 10.4. The lowest BCUT2D eigenvalue weighted by molar-refractivity contribution is -0.392. The molecule has 0 aromatic rings. The first-order valence-electron chi connectivity index (χ1n) is 11.4. The number of likely N-dealkylation sites (tertiary alicyclic amines) is 1. The van der Waals surface area contributed by atoms with Crippen molar-refractivity contribution in [3.63, 3.8) is 0 Å². The highest BCUT2D eigenvalue weighted by molar-refractivity contribution is 5.79. The van der Waals surface area contributed by atoms with E-state index in [4.69, 9.17) is 14.2 Å². The number of ether oxygens (including phenoxy) is 3. The summed E-state index contributed by atoms with van der Waals surface area (Å²) in [5, 5.41) is 71.5. The van der Waals surface area contributed by atoms with E-state index < -0.39 is 74.1 Å². The molecule has 7 N–H and O–H groups in total. The smallest absolute Gasteiger partial charge is 0.225 e. The summed E-state index contributed by atoms with van der Waals surface area (Å²) in [5.41, 5.74) is 0. The minimum Gasteiger partial charge on any atom is -0.394 e. The third-order valence-electron chi connectivity index (χ3n) is 6.72. The summed E-state index contributed by atoms with van der Waals surface area (Å²) >= 11 is 0. The van der Waals surface area contributed by atoms with Crippen molar-refractivity contribution in [2.45, 2.75) is 94.5 Å². The Morgan fingerprint density at radius 1 is 1.03 bits per heavy atom. The first kappa shape index (κ1) is 26.7. The van der Waals surface area contributed by atoms with Crippen LogP contribution in [0.25, 0.3) is 0 Å². The second-order valence-corrected chi connectivity index (χ2v) is 9.84. The average Bonchev–Trinajstić information content (AvgIpc) is 3.12. The van der Waals surface area contributed by atoms with Gasteiger partial charge in [0.2, 0.25) is 5.91 Å². The zero-order valence-electron chi connectivity index (χ0n) is 19.1. The van der Waals surface area contributed by atoms with Crippen molar-refractivity contribution in [3.05, 3.63) is 0 Å². The van der Waals surface area contributed by atoms with Crippen LogP contribution < -0.4 is 0 Å². The molecule has 3 aliphatic rings. The molecule has 0 aromatic heterocycles. The molecule has 0 spiro atoms. The molecule has 12 nitrogen and oxygen atoms in total. The maximum absolute atomic E-state index is 12.6. The predicted octanol–water partition coefficient (Wildman–Crippen LogP) is -3.10. The molecule has 12 heteroatoms. The predicted molar refractivity (Wildman–Crippen MR) is 110 cm³/mol. The monoisotopic (exact) mass is 479 g/mol. The molecular weight excluding hydrogens is 442 g/mol. The first-order chi connectivity index (χ1) is 15.4. The highest BCUT2D eigenvalue weighted by Gasteiger charge is 2.57. The van der Waals surface area contributed by atoms with Gasteiger partial charge in [0.15, 0.2) is 12.0 Å². The number of amides is 1. The van der Waals surface area contributed by atoms with Crippen LogP contribution in [0.1, 0.15) is 33.6 Å². The van der Waals surface area contributed by atoms with Gasteiger partial charge in [0.05, 0.1) is 13.2 Å². The van der Waals surface area contributed by atoms with Crippen LogP contribution in [-0.4, -0.2) is 127 Å². The largest absolute Gasteiger partial charge is 0.394 e. The Hall–Kier alpha value is -0.930. The van der Waals surface area contributed by atoms with Gasteiger partial charge in [-0.15, -0.1) is 0 Å². The Labute approximate surface area is 192 Å². The van der Waals surface area contributed by atoms with E-state index in [1.54, 1.807) is 0 Å². The van der Waals surface area contributed by atoms with Crippen LogP contribution in [0, 0.1) is 11.8 Å². The van der Waals surface area contributed by atoms with E-state index in [0.717, 1.165) is 6.42 Å². The van der Waals surface area contributed by atoms with Crippen molar-refractivity contribution in [2.75, 3.05) is 19.8 Å². The molecule has 33 heavy (non-hydrogen) atoms. The molecular formula is C21H37NO11. The minimum atomic E-state index is -2.02. The quantitative estimate of drug-likeness (QED) is 0.196. The van der Waals surface area contributed by atoms with E-state index in [1.165, 1.54) is 11.8 Å². The summed E-state index contributed by atoms with van der Waals surface area (Å²) in [7, 11) is 0. The first-order valence-corrected chi connectivity index (χ1v) is 11.4. The average molecular weight is 480 g/mol. The lowest BCUT2D eigenvalue weighted by Crippen LogP contribution is -2.70. The molecule has 11 atom stereocenters. The van der Waals surface area contributed by atoms with E-state index in [9.17, 15) is 40.5 Å². The fourth-order valence-corrected chi connectivity index (χ4v) is 5.02. The van der Waals surface area contributed by atoms with E-state index in [1.807, 2.05) is 13.8 Å². The number of carbonyl (C=O) groups is 1. The van der Waals surface area contributed by atoms with Gasteiger partial charge in [-0.05, 0) is 25.2 Å². The van der Waals surface area contributed by atoms with Gasteiger partial charge < -0.3 is 54.9 Å². The normalized spacial score (nSPS) is 46.9. The van der Waals surface area contributed by atoms with Gasteiger partial charge in [-0.2, -0.15) is 0 Å². The zero-order chi connectivity index (χ0) is 24.7. The van der Waals surface area contributed by atoms with Gasteiger partial charge >= 0.3 is 0 Å². The number of aliphatic hydroxyl groups excluding tert-OH is 7. The van der Waals surface area contributed by atoms with Gasteiger partial charge in [0.25, 0.3) is 0 Å². The number of nitrogens with zero attached hydrogens (tertiary/aromatic N) is 1. The summed E-state index contributed by atoms with van der Waals surface area (Å²) in [5.74, 6) is -1.78. The van der Waals surface area contributed by atoms with Gasteiger partial charge in [0, 0.05) is 13.0 Å². The Bertz CT molecular complexity index is 677. The van der Waals surface area contributed by atoms with E-state index in [-0.39, 0.29) is 11.8 Å². The molecule has 0 bridgehead atoms. The van der Waals surface area contributed by atoms with Crippen LogP contribution in [-0.2, 0) is 19.0 Å². The van der Waals surface area contributed by atoms with E-state index in [0.29, 0.717) is 18.9 Å². The van der Waals surface area contributed by atoms with Gasteiger partial charge in [0.1, 0.15) is 48.8 Å². The van der Waals surface area contributed by atoms with E-state index in [2.05, 4.69) is 0 Å². The molecule has 3 aliphatic heterocycles. The fraction of sp³-hybridized carbons (Fsp3) is 0.952. The number of hydrogen-bond acceptors (Lipinski definition) is 11. The molecule has 10 unspecified atom stereocenters. The summed E-state index contributed by atoms with van der Waals surface area (Å²) in [6, 6.07) is 0. The van der Waals surface area contributed by atoms with Crippen molar-refractivity contribution in [3.8, 4) is 0 Å². The van der Waals surface area contributed by atoms with Crippen molar-refractivity contribution < 1.29 is 54.8 Å². The second-order valence-electron chi connectivity index (χ2n) is 9.84. The highest BCUT2D eigenvalue weighted by atomic mass is 16.7. The number of hydrogen-bond donors (Lipinski definition) is 7. The van der Waals surface area contributed by atoms with Gasteiger partial charge in [-0.25, -0.2) is 0 Å². The lowest BCUT2D eigenvalue weighted by Gasteiger charge is -2.51. The van der Waals surface area contributed by atoms with Crippen LogP contribution in [0.2, 0.25) is 0 Å². The van der Waals surface area contributed by atoms with Crippen molar-refractivity contribution >= 4 is 5.91 Å². The molecule has 3 saturated heterocycles. The standard InChI is InChI=1S/C21H37NO11/c1-9(2)4-10-5-13(25)22(6-10)20-17(29)15(27)18(12(8-24)31-20)33-21(3)19(30)16(28)14(26)11(7-23)32-21/h9-12,14-20,23-24,26-30H,4-8H2,1-3H3/t10-,11?,12?,14?,15?,16?,17?,18?,19?,20?,21?/m0/s1. The topological polar surface area (TPSA) is 190 Å². The maximum Gasteiger partial charge on any atom is 0.225 e. The minimum absolute atomic E-state index is 0.0834. The SMILES string of the molecule is CC(C)C[C@H]1CC(=O)N(C2OC(CO)C(OC3(C)OC(CO)C(O)C(O)C3O)C(O)C2O)C1. The van der Waals surface area contributed by atoms with Crippen LogP contribution >= 0.6 is 0 Å². The Morgan fingerprint density at radius 3 is 2.24 bits per heavy atom. The third-order valence-corrected chi connectivity index (χ3v) is 6.72. The molecule has 0 aliphatic carbocycles. The molecule has 3 heterocycles. The molecule has 0 saturated carbocycles. The van der Waals surface area contributed by atoms with Crippen molar-refractivity contribution in [1.29, 1.82) is 0 Å². The molecule has 0 aromatic carbocycles. The third kappa shape index (κ3) is 5.20. The van der Waals surface area contributed by atoms with Gasteiger partial charge in [-0.3, -0.25) is 4.79 Å². The Balaban J connectivity index is 1.76. The maximum atomic E-state index is 12.6.